The lowest BCUT2D eigenvalue weighted by molar-refractivity contribution is -0.163. The van der Waals surface area contributed by atoms with Crippen LogP contribution >= 0.6 is 0 Å². The molecular formula is C6H6O4. The molecule has 0 saturated carbocycles. The Morgan fingerprint density at radius 2 is 2.00 bits per heavy atom. The highest BCUT2D eigenvalue weighted by atomic mass is 16.5. The van der Waals surface area contributed by atoms with Crippen molar-refractivity contribution in [2.45, 2.75) is 19.4 Å². The van der Waals surface area contributed by atoms with Crippen LogP contribution in [0.5, 0.6) is 0 Å². The van der Waals surface area contributed by atoms with Crippen LogP contribution in [0.2, 0.25) is 0 Å². The van der Waals surface area contributed by atoms with E-state index in [0.717, 1.165) is 0 Å². The van der Waals surface area contributed by atoms with E-state index in [1.54, 1.807) is 0 Å². The van der Waals surface area contributed by atoms with Crippen LogP contribution in [0.1, 0.15) is 13.3 Å². The molecule has 1 heterocycles. The zero-order valence-electron chi connectivity index (χ0n) is 5.42. The molecule has 0 amide bonds. The number of carbonyl (C=O) groups is 3. The Morgan fingerprint density at radius 1 is 1.40 bits per heavy atom. The van der Waals surface area contributed by atoms with E-state index in [9.17, 15) is 14.4 Å². The van der Waals surface area contributed by atoms with Crippen molar-refractivity contribution in [3.8, 4) is 0 Å². The van der Waals surface area contributed by atoms with Gasteiger partial charge in [0.05, 0.1) is 0 Å². The van der Waals surface area contributed by atoms with E-state index in [4.69, 9.17) is 0 Å². The Kier molecular flexibility index (Phi) is 1.53. The molecule has 1 rings (SSSR count). The van der Waals surface area contributed by atoms with Gasteiger partial charge in [-0.05, 0) is 6.92 Å². The summed E-state index contributed by atoms with van der Waals surface area (Å²) in [5.74, 6) is -1.87. The molecule has 54 valence electrons. The van der Waals surface area contributed by atoms with Crippen molar-refractivity contribution in [2.24, 2.45) is 0 Å². The second kappa shape index (κ2) is 2.21. The first kappa shape index (κ1) is 6.92. The molecule has 4 heteroatoms. The first-order chi connectivity index (χ1) is 4.61. The van der Waals surface area contributed by atoms with Crippen LogP contribution in [0, 0.1) is 0 Å². The molecular weight excluding hydrogens is 136 g/mol. The summed E-state index contributed by atoms with van der Waals surface area (Å²) >= 11 is 0. The number of ether oxygens (including phenoxy) is 1. The minimum atomic E-state index is -0.881. The lowest BCUT2D eigenvalue weighted by Gasteiger charge is -2.15. The number of hydrogen-bond acceptors (Lipinski definition) is 4. The van der Waals surface area contributed by atoms with E-state index in [1.807, 2.05) is 0 Å². The van der Waals surface area contributed by atoms with Gasteiger partial charge < -0.3 is 4.74 Å². The topological polar surface area (TPSA) is 60.4 Å². The van der Waals surface area contributed by atoms with Crippen LogP contribution in [0.4, 0.5) is 0 Å². The van der Waals surface area contributed by atoms with Crippen molar-refractivity contribution in [3.05, 3.63) is 0 Å². The maximum absolute atomic E-state index is 10.6. The van der Waals surface area contributed by atoms with E-state index in [-0.39, 0.29) is 0 Å². The maximum Gasteiger partial charge on any atom is 0.314 e. The molecule has 1 fully saturated rings. The quantitative estimate of drug-likeness (QED) is 0.259. The minimum absolute atomic E-state index is 0.400. The van der Waals surface area contributed by atoms with Crippen molar-refractivity contribution in [3.63, 3.8) is 0 Å². The molecule has 1 saturated heterocycles. The number of carbonyl (C=O) groups excluding carboxylic acids is 3. The number of Topliss-reactive ketones (excluding diaryl/α,β-unsaturated/α-hetero) is 2. The van der Waals surface area contributed by atoms with Crippen LogP contribution in [0.3, 0.4) is 0 Å². The molecule has 0 bridgehead atoms. The summed E-state index contributed by atoms with van der Waals surface area (Å²) in [5, 5.41) is 0. The summed E-state index contributed by atoms with van der Waals surface area (Å²) in [7, 11) is 0. The molecule has 0 N–H and O–H groups in total. The number of hydrogen-bond donors (Lipinski definition) is 0. The zero-order valence-corrected chi connectivity index (χ0v) is 5.42. The lowest BCUT2D eigenvalue weighted by Crippen LogP contribution is -2.37. The van der Waals surface area contributed by atoms with Crippen molar-refractivity contribution in [1.29, 1.82) is 0 Å². The molecule has 0 aromatic carbocycles. The second-order valence-corrected chi connectivity index (χ2v) is 2.10. The summed E-state index contributed by atoms with van der Waals surface area (Å²) in [6, 6.07) is 0. The summed E-state index contributed by atoms with van der Waals surface area (Å²) < 4.78 is 4.46. The molecule has 0 aromatic rings. The summed E-state index contributed by atoms with van der Waals surface area (Å²) in [4.78, 5) is 31.6. The number of rotatable bonds is 0. The van der Waals surface area contributed by atoms with Gasteiger partial charge in [-0.15, -0.1) is 0 Å². The molecule has 0 radical (unpaired) electrons. The SMILES string of the molecule is CC1OC(=O)CC(=O)C1=O. The smallest absolute Gasteiger partial charge is 0.314 e. The Hall–Kier alpha value is -1.19. The van der Waals surface area contributed by atoms with Gasteiger partial charge in [0, 0.05) is 0 Å². The van der Waals surface area contributed by atoms with Crippen LogP contribution in [-0.2, 0) is 19.1 Å². The number of esters is 1. The van der Waals surface area contributed by atoms with E-state index in [1.165, 1.54) is 6.92 Å². The van der Waals surface area contributed by atoms with E-state index in [0.29, 0.717) is 0 Å². The van der Waals surface area contributed by atoms with Gasteiger partial charge >= 0.3 is 5.97 Å². The molecule has 0 aromatic heterocycles. The van der Waals surface area contributed by atoms with Crippen LogP contribution in [0.15, 0.2) is 0 Å². The third-order valence-electron chi connectivity index (χ3n) is 1.26. The fourth-order valence-electron chi connectivity index (χ4n) is 0.737. The van der Waals surface area contributed by atoms with Gasteiger partial charge in [-0.25, -0.2) is 0 Å². The monoisotopic (exact) mass is 142 g/mol. The van der Waals surface area contributed by atoms with Crippen molar-refractivity contribution in [2.75, 3.05) is 0 Å². The van der Waals surface area contributed by atoms with Crippen LogP contribution in [0.25, 0.3) is 0 Å². The Morgan fingerprint density at radius 3 is 2.50 bits per heavy atom. The highest BCUT2D eigenvalue weighted by molar-refractivity contribution is 6.42. The van der Waals surface area contributed by atoms with Gasteiger partial charge in [-0.3, -0.25) is 14.4 Å². The number of cyclic esters (lactones) is 1. The molecule has 1 aliphatic rings. The standard InChI is InChI=1S/C6H6O4/c1-3-6(9)4(7)2-5(8)10-3/h3H,2H2,1H3. The van der Waals surface area contributed by atoms with Gasteiger partial charge in [-0.2, -0.15) is 0 Å². The first-order valence-electron chi connectivity index (χ1n) is 2.88. The summed E-state index contributed by atoms with van der Waals surface area (Å²) in [5.41, 5.74) is 0. The molecule has 10 heavy (non-hydrogen) atoms. The fraction of sp³-hybridized carbons (Fsp3) is 0.500. The van der Waals surface area contributed by atoms with Crippen LogP contribution < -0.4 is 0 Å². The minimum Gasteiger partial charge on any atom is -0.454 e. The molecule has 1 atom stereocenters. The number of ketones is 2. The normalized spacial score (nSPS) is 26.5. The van der Waals surface area contributed by atoms with Crippen molar-refractivity contribution < 1.29 is 19.1 Å². The molecule has 0 aliphatic carbocycles. The summed E-state index contributed by atoms with van der Waals surface area (Å²) in [6.45, 7) is 1.39. The largest absolute Gasteiger partial charge is 0.454 e. The second-order valence-electron chi connectivity index (χ2n) is 2.10. The van der Waals surface area contributed by atoms with Crippen LogP contribution in [-0.4, -0.2) is 23.6 Å². The average Bonchev–Trinajstić information content (AvgIpc) is 1.82. The van der Waals surface area contributed by atoms with Crippen molar-refractivity contribution in [1.82, 2.24) is 0 Å². The van der Waals surface area contributed by atoms with E-state index < -0.39 is 30.1 Å². The molecule has 0 spiro atoms. The Balaban J connectivity index is 2.76. The highest BCUT2D eigenvalue weighted by Crippen LogP contribution is 2.05. The maximum atomic E-state index is 10.6. The Labute approximate surface area is 57.2 Å². The van der Waals surface area contributed by atoms with E-state index in [2.05, 4.69) is 4.74 Å². The average molecular weight is 142 g/mol. The third-order valence-corrected chi connectivity index (χ3v) is 1.26. The Bertz CT molecular complexity index is 206. The predicted molar refractivity (Wildman–Crippen MR) is 30.2 cm³/mol. The van der Waals surface area contributed by atoms with Gasteiger partial charge in [0.15, 0.2) is 6.10 Å². The van der Waals surface area contributed by atoms with Crippen molar-refractivity contribution >= 4 is 17.5 Å². The molecule has 1 unspecified atom stereocenters. The summed E-state index contributed by atoms with van der Waals surface area (Å²) in [6.07, 6.45) is -1.28. The highest BCUT2D eigenvalue weighted by Gasteiger charge is 2.32. The van der Waals surface area contributed by atoms with Gasteiger partial charge in [0.1, 0.15) is 6.42 Å². The van der Waals surface area contributed by atoms with E-state index >= 15 is 0 Å². The van der Waals surface area contributed by atoms with Gasteiger partial charge in [0.2, 0.25) is 11.6 Å². The molecule has 4 nitrogen and oxygen atoms in total. The fourth-order valence-corrected chi connectivity index (χ4v) is 0.737. The zero-order chi connectivity index (χ0) is 7.72. The van der Waals surface area contributed by atoms with Gasteiger partial charge in [-0.1, -0.05) is 0 Å². The first-order valence-corrected chi connectivity index (χ1v) is 2.88. The lowest BCUT2D eigenvalue weighted by atomic mass is 10.1. The molecule has 1 aliphatic heterocycles. The van der Waals surface area contributed by atoms with Gasteiger partial charge in [0.25, 0.3) is 0 Å². The predicted octanol–water partition coefficient (Wildman–Crippen LogP) is -0.540. The third kappa shape index (κ3) is 1.05.